The van der Waals surface area contributed by atoms with Crippen molar-refractivity contribution in [1.82, 2.24) is 4.90 Å². The Morgan fingerprint density at radius 1 is 1.44 bits per heavy atom. The Labute approximate surface area is 98.5 Å². The molecule has 1 amide bonds. The van der Waals surface area contributed by atoms with Crippen LogP contribution in [0.25, 0.3) is 0 Å². The van der Waals surface area contributed by atoms with Crippen LogP contribution in [0.5, 0.6) is 0 Å². The number of rotatable bonds is 6. The van der Waals surface area contributed by atoms with Gasteiger partial charge in [0.05, 0.1) is 6.42 Å². The van der Waals surface area contributed by atoms with Crippen molar-refractivity contribution in [2.24, 2.45) is 0 Å². The Kier molecular flexibility index (Phi) is 4.98. The molecule has 0 bridgehead atoms. The van der Waals surface area contributed by atoms with E-state index >= 15 is 0 Å². The fourth-order valence-electron chi connectivity index (χ4n) is 1.26. The van der Waals surface area contributed by atoms with Crippen molar-refractivity contribution in [3.63, 3.8) is 0 Å². The van der Waals surface area contributed by atoms with Gasteiger partial charge >= 0.3 is 5.97 Å². The highest BCUT2D eigenvalue weighted by atomic mass is 32.1. The van der Waals surface area contributed by atoms with Gasteiger partial charge in [0.1, 0.15) is 0 Å². The molecule has 4 nitrogen and oxygen atoms in total. The molecule has 1 heterocycles. The molecule has 0 aliphatic heterocycles. The molecule has 0 atom stereocenters. The SMILES string of the molecule is CN(CCC(=O)O)C(=O)CCc1cccs1. The highest BCUT2D eigenvalue weighted by molar-refractivity contribution is 7.09. The van der Waals surface area contributed by atoms with Crippen LogP contribution in [0.2, 0.25) is 0 Å². The van der Waals surface area contributed by atoms with Gasteiger partial charge in [-0.25, -0.2) is 0 Å². The summed E-state index contributed by atoms with van der Waals surface area (Å²) in [7, 11) is 1.64. The van der Waals surface area contributed by atoms with E-state index < -0.39 is 5.97 Å². The largest absolute Gasteiger partial charge is 0.481 e. The van der Waals surface area contributed by atoms with Crippen LogP contribution >= 0.6 is 11.3 Å². The van der Waals surface area contributed by atoms with E-state index in [-0.39, 0.29) is 18.9 Å². The highest BCUT2D eigenvalue weighted by Gasteiger charge is 2.10. The first-order valence-corrected chi connectivity index (χ1v) is 5.95. The number of hydrogen-bond acceptors (Lipinski definition) is 3. The molecule has 0 saturated heterocycles. The Hall–Kier alpha value is -1.36. The zero-order valence-electron chi connectivity index (χ0n) is 9.18. The first-order valence-electron chi connectivity index (χ1n) is 5.07. The topological polar surface area (TPSA) is 57.6 Å². The first-order chi connectivity index (χ1) is 7.59. The summed E-state index contributed by atoms with van der Waals surface area (Å²) in [5.74, 6) is -0.882. The summed E-state index contributed by atoms with van der Waals surface area (Å²) in [6, 6.07) is 3.95. The van der Waals surface area contributed by atoms with Crippen LogP contribution in [0, 0.1) is 0 Å². The lowest BCUT2D eigenvalue weighted by atomic mass is 10.2. The number of carbonyl (C=O) groups is 2. The average Bonchev–Trinajstić information content (AvgIpc) is 2.75. The van der Waals surface area contributed by atoms with Crippen LogP contribution in [-0.2, 0) is 16.0 Å². The maximum absolute atomic E-state index is 11.6. The number of carboxylic acids is 1. The second-order valence-electron chi connectivity index (χ2n) is 3.54. The minimum Gasteiger partial charge on any atom is -0.481 e. The maximum atomic E-state index is 11.6. The fraction of sp³-hybridized carbons (Fsp3) is 0.455. The quantitative estimate of drug-likeness (QED) is 0.823. The van der Waals surface area contributed by atoms with Crippen molar-refractivity contribution in [3.05, 3.63) is 22.4 Å². The number of nitrogens with zero attached hydrogens (tertiary/aromatic N) is 1. The Balaban J connectivity index is 2.26. The van der Waals surface area contributed by atoms with Crippen LogP contribution in [0.4, 0.5) is 0 Å². The van der Waals surface area contributed by atoms with E-state index in [1.807, 2.05) is 17.5 Å². The second-order valence-corrected chi connectivity index (χ2v) is 4.57. The first kappa shape index (κ1) is 12.7. The number of amides is 1. The van der Waals surface area contributed by atoms with Crippen LogP contribution in [0.3, 0.4) is 0 Å². The number of hydrogen-bond donors (Lipinski definition) is 1. The molecule has 88 valence electrons. The summed E-state index contributed by atoms with van der Waals surface area (Å²) in [4.78, 5) is 24.6. The molecule has 0 radical (unpaired) electrons. The summed E-state index contributed by atoms with van der Waals surface area (Å²) in [6.07, 6.45) is 1.17. The van der Waals surface area contributed by atoms with Crippen molar-refractivity contribution in [3.8, 4) is 0 Å². The zero-order chi connectivity index (χ0) is 12.0. The molecule has 0 aromatic carbocycles. The molecular weight excluding hydrogens is 226 g/mol. The molecule has 0 aliphatic rings. The number of aryl methyl sites for hydroxylation is 1. The molecule has 0 fully saturated rings. The van der Waals surface area contributed by atoms with Crippen LogP contribution in [0.15, 0.2) is 17.5 Å². The summed E-state index contributed by atoms with van der Waals surface area (Å²) in [6.45, 7) is 0.276. The minimum absolute atomic E-state index is 0.00123. The average molecular weight is 241 g/mol. The Bertz CT molecular complexity index is 348. The van der Waals surface area contributed by atoms with Gasteiger partial charge in [0.25, 0.3) is 0 Å². The van der Waals surface area contributed by atoms with Gasteiger partial charge in [0.2, 0.25) is 5.91 Å². The summed E-state index contributed by atoms with van der Waals surface area (Å²) >= 11 is 1.63. The van der Waals surface area contributed by atoms with Crippen LogP contribution in [-0.4, -0.2) is 35.5 Å². The van der Waals surface area contributed by atoms with E-state index in [0.717, 1.165) is 6.42 Å². The number of carboxylic acid groups (broad SMARTS) is 1. The predicted octanol–water partition coefficient (Wildman–Crippen LogP) is 1.61. The van der Waals surface area contributed by atoms with Crippen molar-refractivity contribution >= 4 is 23.2 Å². The van der Waals surface area contributed by atoms with E-state index in [9.17, 15) is 9.59 Å². The third kappa shape index (κ3) is 4.44. The van der Waals surface area contributed by atoms with E-state index in [1.165, 1.54) is 9.78 Å². The Morgan fingerprint density at radius 3 is 2.75 bits per heavy atom. The van der Waals surface area contributed by atoms with E-state index in [0.29, 0.717) is 6.42 Å². The molecule has 0 aliphatic carbocycles. The molecule has 0 spiro atoms. The lowest BCUT2D eigenvalue weighted by Gasteiger charge is -2.15. The number of carbonyl (C=O) groups excluding carboxylic acids is 1. The summed E-state index contributed by atoms with van der Waals surface area (Å²) in [5.41, 5.74) is 0. The van der Waals surface area contributed by atoms with Crippen LogP contribution in [0.1, 0.15) is 17.7 Å². The third-order valence-electron chi connectivity index (χ3n) is 2.25. The number of aliphatic carboxylic acids is 1. The van der Waals surface area contributed by atoms with Crippen LogP contribution < -0.4 is 0 Å². The molecule has 1 N–H and O–H groups in total. The van der Waals surface area contributed by atoms with Crippen molar-refractivity contribution in [1.29, 1.82) is 0 Å². The van der Waals surface area contributed by atoms with Gasteiger partial charge in [-0.2, -0.15) is 0 Å². The van der Waals surface area contributed by atoms with Gasteiger partial charge in [0, 0.05) is 24.9 Å². The molecular formula is C11H15NO3S. The minimum atomic E-state index is -0.877. The van der Waals surface area contributed by atoms with E-state index in [2.05, 4.69) is 0 Å². The van der Waals surface area contributed by atoms with Gasteiger partial charge in [-0.3, -0.25) is 9.59 Å². The van der Waals surface area contributed by atoms with E-state index in [4.69, 9.17) is 5.11 Å². The molecule has 1 rings (SSSR count). The van der Waals surface area contributed by atoms with Crippen molar-refractivity contribution in [2.45, 2.75) is 19.3 Å². The summed E-state index contributed by atoms with van der Waals surface area (Å²) < 4.78 is 0. The van der Waals surface area contributed by atoms with Gasteiger partial charge in [-0.05, 0) is 17.9 Å². The third-order valence-corrected chi connectivity index (χ3v) is 3.19. The lowest BCUT2D eigenvalue weighted by Crippen LogP contribution is -2.29. The van der Waals surface area contributed by atoms with Gasteiger partial charge in [0.15, 0.2) is 0 Å². The molecule has 1 aromatic rings. The number of thiophene rings is 1. The Morgan fingerprint density at radius 2 is 2.19 bits per heavy atom. The zero-order valence-corrected chi connectivity index (χ0v) is 10.00. The molecule has 0 saturated carbocycles. The molecule has 1 aromatic heterocycles. The van der Waals surface area contributed by atoms with Gasteiger partial charge in [-0.15, -0.1) is 11.3 Å². The smallest absolute Gasteiger partial charge is 0.305 e. The van der Waals surface area contributed by atoms with Crippen molar-refractivity contribution in [2.75, 3.05) is 13.6 Å². The van der Waals surface area contributed by atoms with Crippen molar-refractivity contribution < 1.29 is 14.7 Å². The summed E-state index contributed by atoms with van der Waals surface area (Å²) in [5, 5.41) is 10.5. The predicted molar refractivity (Wildman–Crippen MR) is 62.5 cm³/mol. The molecule has 5 heteroatoms. The molecule has 0 unspecified atom stereocenters. The lowest BCUT2D eigenvalue weighted by molar-refractivity contribution is -0.138. The van der Waals surface area contributed by atoms with Gasteiger partial charge < -0.3 is 10.0 Å². The maximum Gasteiger partial charge on any atom is 0.305 e. The normalized spacial score (nSPS) is 10.1. The monoisotopic (exact) mass is 241 g/mol. The second kappa shape index (κ2) is 6.27. The van der Waals surface area contributed by atoms with E-state index in [1.54, 1.807) is 18.4 Å². The fourth-order valence-corrected chi connectivity index (χ4v) is 1.97. The van der Waals surface area contributed by atoms with Gasteiger partial charge in [-0.1, -0.05) is 6.07 Å². The molecule has 16 heavy (non-hydrogen) atoms. The highest BCUT2D eigenvalue weighted by Crippen LogP contribution is 2.11. The standard InChI is InChI=1S/C11H15NO3S/c1-12(7-6-11(14)15)10(13)5-4-9-3-2-8-16-9/h2-3,8H,4-7H2,1H3,(H,14,15).